The molecule has 1 heterocycles. The lowest BCUT2D eigenvalue weighted by molar-refractivity contribution is -0.0355. The third-order valence-corrected chi connectivity index (χ3v) is 4.03. The van der Waals surface area contributed by atoms with Crippen LogP contribution in [0.3, 0.4) is 0 Å². The molecule has 0 atom stereocenters. The summed E-state index contributed by atoms with van der Waals surface area (Å²) in [7, 11) is 1.75. The monoisotopic (exact) mass is 278 g/mol. The Kier molecular flexibility index (Phi) is 4.28. The van der Waals surface area contributed by atoms with Gasteiger partial charge in [0.15, 0.2) is 5.82 Å². The number of nitrogens with two attached hydrogens (primary N) is 1. The molecular formula is C15H26N4O. The Morgan fingerprint density at radius 1 is 1.00 bits per heavy atom. The molecule has 0 spiro atoms. The van der Waals surface area contributed by atoms with Crippen molar-refractivity contribution in [2.45, 2.75) is 70.3 Å². The van der Waals surface area contributed by atoms with Gasteiger partial charge in [-0.15, -0.1) is 0 Å². The molecule has 112 valence electrons. The maximum atomic E-state index is 5.90. The van der Waals surface area contributed by atoms with Crippen LogP contribution in [0.1, 0.15) is 70.9 Å². The summed E-state index contributed by atoms with van der Waals surface area (Å²) in [6.45, 7) is 6.24. The average molecular weight is 278 g/mol. The molecule has 1 aromatic rings. The zero-order chi connectivity index (χ0) is 14.8. The van der Waals surface area contributed by atoms with Gasteiger partial charge in [0.05, 0.1) is 0 Å². The molecule has 20 heavy (non-hydrogen) atoms. The quantitative estimate of drug-likeness (QED) is 0.842. The molecule has 5 heteroatoms. The molecule has 1 fully saturated rings. The molecule has 1 saturated carbocycles. The zero-order valence-corrected chi connectivity index (χ0v) is 13.1. The molecule has 2 rings (SSSR count). The first-order valence-corrected chi connectivity index (χ1v) is 7.45. The number of rotatable bonds is 2. The summed E-state index contributed by atoms with van der Waals surface area (Å²) in [5, 5.41) is 0. The fraction of sp³-hybridized carbons (Fsp3) is 0.800. The van der Waals surface area contributed by atoms with E-state index >= 15 is 0 Å². The van der Waals surface area contributed by atoms with Gasteiger partial charge in [0, 0.05) is 12.5 Å². The first-order valence-electron chi connectivity index (χ1n) is 7.45. The van der Waals surface area contributed by atoms with Gasteiger partial charge < -0.3 is 10.5 Å². The highest BCUT2D eigenvalue weighted by molar-refractivity contribution is 5.21. The van der Waals surface area contributed by atoms with Crippen LogP contribution in [0.4, 0.5) is 5.95 Å². The summed E-state index contributed by atoms with van der Waals surface area (Å²) in [6, 6.07) is 0. The van der Waals surface area contributed by atoms with E-state index in [9.17, 15) is 0 Å². The fourth-order valence-electron chi connectivity index (χ4n) is 2.75. The van der Waals surface area contributed by atoms with E-state index in [0.717, 1.165) is 31.5 Å². The van der Waals surface area contributed by atoms with Crippen LogP contribution in [0.25, 0.3) is 0 Å². The van der Waals surface area contributed by atoms with Crippen LogP contribution in [-0.4, -0.2) is 22.1 Å². The molecule has 5 nitrogen and oxygen atoms in total. The van der Waals surface area contributed by atoms with Gasteiger partial charge in [-0.25, -0.2) is 4.98 Å². The van der Waals surface area contributed by atoms with Crippen LogP contribution in [0.15, 0.2) is 0 Å². The molecule has 0 aromatic carbocycles. The molecule has 0 bridgehead atoms. The number of aromatic nitrogens is 3. The van der Waals surface area contributed by atoms with E-state index in [2.05, 4.69) is 35.7 Å². The van der Waals surface area contributed by atoms with Crippen LogP contribution in [0.5, 0.6) is 0 Å². The molecule has 1 aliphatic carbocycles. The van der Waals surface area contributed by atoms with E-state index in [1.165, 1.54) is 12.8 Å². The van der Waals surface area contributed by atoms with Crippen LogP contribution in [-0.2, 0) is 15.8 Å². The van der Waals surface area contributed by atoms with Crippen molar-refractivity contribution in [1.29, 1.82) is 0 Å². The second kappa shape index (κ2) is 5.64. The van der Waals surface area contributed by atoms with Gasteiger partial charge in [0.25, 0.3) is 0 Å². The minimum atomic E-state index is -0.395. The molecule has 2 N–H and O–H groups in total. The summed E-state index contributed by atoms with van der Waals surface area (Å²) >= 11 is 0. The number of methoxy groups -OCH3 is 1. The van der Waals surface area contributed by atoms with Gasteiger partial charge >= 0.3 is 0 Å². The molecular weight excluding hydrogens is 252 g/mol. The Bertz CT molecular complexity index is 459. The molecule has 0 saturated heterocycles. The number of hydrogen-bond acceptors (Lipinski definition) is 5. The van der Waals surface area contributed by atoms with E-state index in [0.29, 0.717) is 11.8 Å². The Balaban J connectivity index is 2.46. The van der Waals surface area contributed by atoms with Crippen molar-refractivity contribution in [1.82, 2.24) is 15.0 Å². The number of nitrogen functional groups attached to an aromatic ring is 1. The summed E-state index contributed by atoms with van der Waals surface area (Å²) in [6.07, 6.45) is 6.69. The highest BCUT2D eigenvalue weighted by atomic mass is 16.5. The normalized spacial score (nSPS) is 19.6. The first-order chi connectivity index (χ1) is 9.37. The predicted octanol–water partition coefficient (Wildman–Crippen LogP) is 2.95. The van der Waals surface area contributed by atoms with Crippen LogP contribution in [0, 0.1) is 0 Å². The number of hydrogen-bond donors (Lipinski definition) is 1. The van der Waals surface area contributed by atoms with E-state index < -0.39 is 5.60 Å². The van der Waals surface area contributed by atoms with E-state index in [-0.39, 0.29) is 5.41 Å². The SMILES string of the molecule is COC1(c2nc(N)nc(C(C)(C)C)n2)CCCCCC1. The first kappa shape index (κ1) is 15.2. The molecule has 0 amide bonds. The topological polar surface area (TPSA) is 73.9 Å². The average Bonchev–Trinajstić information content (AvgIpc) is 2.63. The van der Waals surface area contributed by atoms with E-state index in [1.807, 2.05) is 0 Å². The lowest BCUT2D eigenvalue weighted by Gasteiger charge is -2.30. The smallest absolute Gasteiger partial charge is 0.223 e. The minimum Gasteiger partial charge on any atom is -0.370 e. The number of anilines is 1. The van der Waals surface area contributed by atoms with Crippen molar-refractivity contribution < 1.29 is 4.74 Å². The Morgan fingerprint density at radius 3 is 2.10 bits per heavy atom. The van der Waals surface area contributed by atoms with E-state index in [1.54, 1.807) is 7.11 Å². The molecule has 0 radical (unpaired) electrons. The fourth-order valence-corrected chi connectivity index (χ4v) is 2.75. The second-order valence-electron chi connectivity index (χ2n) is 6.70. The molecule has 0 unspecified atom stereocenters. The number of nitrogens with zero attached hydrogens (tertiary/aromatic N) is 3. The summed E-state index contributed by atoms with van der Waals surface area (Å²) in [4.78, 5) is 13.4. The lowest BCUT2D eigenvalue weighted by Crippen LogP contribution is -2.33. The molecule has 0 aliphatic heterocycles. The van der Waals surface area contributed by atoms with Gasteiger partial charge in [-0.2, -0.15) is 9.97 Å². The third kappa shape index (κ3) is 3.08. The van der Waals surface area contributed by atoms with Crippen molar-refractivity contribution >= 4 is 5.95 Å². The standard InChI is InChI=1S/C15H26N4O/c1-14(2,3)11-17-12(19-13(16)18-11)15(20-4)9-7-5-6-8-10-15/h5-10H2,1-4H3,(H2,16,17,18,19). The maximum Gasteiger partial charge on any atom is 0.223 e. The van der Waals surface area contributed by atoms with Gasteiger partial charge in [-0.3, -0.25) is 0 Å². The van der Waals surface area contributed by atoms with Gasteiger partial charge in [-0.1, -0.05) is 46.5 Å². The largest absolute Gasteiger partial charge is 0.370 e. The van der Waals surface area contributed by atoms with Gasteiger partial charge in [-0.05, 0) is 12.8 Å². The Morgan fingerprint density at radius 2 is 1.60 bits per heavy atom. The second-order valence-corrected chi connectivity index (χ2v) is 6.70. The van der Waals surface area contributed by atoms with Crippen molar-refractivity contribution in [3.8, 4) is 0 Å². The van der Waals surface area contributed by atoms with Crippen molar-refractivity contribution in [2.24, 2.45) is 0 Å². The van der Waals surface area contributed by atoms with Crippen molar-refractivity contribution in [3.05, 3.63) is 11.6 Å². The van der Waals surface area contributed by atoms with Gasteiger partial charge in [0.2, 0.25) is 5.95 Å². The third-order valence-electron chi connectivity index (χ3n) is 4.03. The number of ether oxygens (including phenoxy) is 1. The van der Waals surface area contributed by atoms with Gasteiger partial charge in [0.1, 0.15) is 11.4 Å². The summed E-state index contributed by atoms with van der Waals surface area (Å²) < 4.78 is 5.86. The lowest BCUT2D eigenvalue weighted by atomic mass is 9.92. The molecule has 1 aliphatic rings. The van der Waals surface area contributed by atoms with Crippen LogP contribution in [0.2, 0.25) is 0 Å². The minimum absolute atomic E-state index is 0.147. The summed E-state index contributed by atoms with van der Waals surface area (Å²) in [5.74, 6) is 1.74. The van der Waals surface area contributed by atoms with Crippen LogP contribution >= 0.6 is 0 Å². The summed E-state index contributed by atoms with van der Waals surface area (Å²) in [5.41, 5.74) is 5.36. The highest BCUT2D eigenvalue weighted by Crippen LogP contribution is 2.37. The van der Waals surface area contributed by atoms with Crippen molar-refractivity contribution in [3.63, 3.8) is 0 Å². The maximum absolute atomic E-state index is 5.90. The molecule has 1 aromatic heterocycles. The zero-order valence-electron chi connectivity index (χ0n) is 13.1. The Hall–Kier alpha value is -1.23. The van der Waals surface area contributed by atoms with Crippen LogP contribution < -0.4 is 5.73 Å². The predicted molar refractivity (Wildman–Crippen MR) is 79.3 cm³/mol. The van der Waals surface area contributed by atoms with E-state index in [4.69, 9.17) is 10.5 Å². The highest BCUT2D eigenvalue weighted by Gasteiger charge is 2.37. The Labute approximate surface area is 121 Å². The van der Waals surface area contributed by atoms with Crippen molar-refractivity contribution in [2.75, 3.05) is 12.8 Å².